The Balaban J connectivity index is 1.94. The van der Waals surface area contributed by atoms with E-state index < -0.39 is 10.2 Å². The van der Waals surface area contributed by atoms with E-state index in [4.69, 9.17) is 0 Å². The van der Waals surface area contributed by atoms with Crippen LogP contribution in [0.5, 0.6) is 0 Å². The molecule has 3 rings (SSSR count). The van der Waals surface area contributed by atoms with Gasteiger partial charge in [-0.15, -0.1) is 0 Å². The van der Waals surface area contributed by atoms with Crippen molar-refractivity contribution in [2.24, 2.45) is 0 Å². The second kappa shape index (κ2) is 6.90. The number of nitrogens with zero attached hydrogens (tertiary/aromatic N) is 3. The average Bonchev–Trinajstić information content (AvgIpc) is 3.01. The zero-order chi connectivity index (χ0) is 18.2. The second-order valence-corrected chi connectivity index (χ2v) is 8.52. The molecule has 1 aliphatic rings. The Morgan fingerprint density at radius 1 is 1.32 bits per heavy atom. The van der Waals surface area contributed by atoms with Crippen LogP contribution >= 0.6 is 0 Å². The number of aryl methyl sites for hydroxylation is 2. The van der Waals surface area contributed by atoms with Gasteiger partial charge in [-0.3, -0.25) is 0 Å². The molecule has 0 amide bonds. The minimum atomic E-state index is -3.47. The summed E-state index contributed by atoms with van der Waals surface area (Å²) in [6.07, 6.45) is 4.45. The molecular formula is C18H26N4O2S. The highest BCUT2D eigenvalue weighted by atomic mass is 32.2. The Morgan fingerprint density at radius 2 is 2.08 bits per heavy atom. The highest BCUT2D eigenvalue weighted by Gasteiger charge is 2.29. The van der Waals surface area contributed by atoms with Crippen molar-refractivity contribution in [1.82, 2.24) is 18.8 Å². The summed E-state index contributed by atoms with van der Waals surface area (Å²) in [4.78, 5) is 0. The van der Waals surface area contributed by atoms with E-state index in [1.54, 1.807) is 7.05 Å². The number of fused-ring (bicyclic) bond motifs is 1. The van der Waals surface area contributed by atoms with Crippen molar-refractivity contribution >= 4 is 10.2 Å². The zero-order valence-electron chi connectivity index (χ0n) is 15.3. The first-order valence-corrected chi connectivity index (χ1v) is 10.2. The van der Waals surface area contributed by atoms with Gasteiger partial charge in [-0.2, -0.15) is 22.5 Å². The van der Waals surface area contributed by atoms with E-state index in [1.807, 2.05) is 17.8 Å². The Morgan fingerprint density at radius 3 is 2.76 bits per heavy atom. The number of benzene rings is 1. The average molecular weight is 362 g/mol. The fourth-order valence-corrected chi connectivity index (χ4v) is 4.32. The Labute approximate surface area is 150 Å². The molecular weight excluding hydrogens is 336 g/mol. The zero-order valence-corrected chi connectivity index (χ0v) is 16.1. The first kappa shape index (κ1) is 18.1. The van der Waals surface area contributed by atoms with Crippen molar-refractivity contribution in [2.75, 3.05) is 13.6 Å². The van der Waals surface area contributed by atoms with Gasteiger partial charge < -0.3 is 0 Å². The molecule has 1 atom stereocenters. The summed E-state index contributed by atoms with van der Waals surface area (Å²) in [6.45, 7) is 6.44. The smallest absolute Gasteiger partial charge is 0.237 e. The third-order valence-electron chi connectivity index (χ3n) is 5.06. The third kappa shape index (κ3) is 3.49. The lowest BCUT2D eigenvalue weighted by Crippen LogP contribution is -2.40. The number of nitrogens with one attached hydrogen (secondary N) is 1. The van der Waals surface area contributed by atoms with E-state index >= 15 is 0 Å². The molecule has 7 heteroatoms. The van der Waals surface area contributed by atoms with Gasteiger partial charge in [-0.05, 0) is 56.4 Å². The van der Waals surface area contributed by atoms with E-state index in [0.717, 1.165) is 36.2 Å². The molecule has 25 heavy (non-hydrogen) atoms. The van der Waals surface area contributed by atoms with Gasteiger partial charge in [0.2, 0.25) is 0 Å². The Bertz CT molecular complexity index is 873. The molecule has 1 unspecified atom stereocenters. The van der Waals surface area contributed by atoms with E-state index in [1.165, 1.54) is 15.4 Å². The van der Waals surface area contributed by atoms with E-state index in [9.17, 15) is 8.42 Å². The Kier molecular flexibility index (Phi) is 4.99. The number of aromatic nitrogens is 2. The van der Waals surface area contributed by atoms with Crippen molar-refractivity contribution in [1.29, 1.82) is 0 Å². The summed E-state index contributed by atoms with van der Waals surface area (Å²) in [7, 11) is -1.89. The van der Waals surface area contributed by atoms with E-state index in [2.05, 4.69) is 41.9 Å². The second-order valence-electron chi connectivity index (χ2n) is 6.71. The molecule has 6 nitrogen and oxygen atoms in total. The van der Waals surface area contributed by atoms with E-state index in [-0.39, 0.29) is 6.04 Å². The lowest BCUT2D eigenvalue weighted by molar-refractivity contribution is 0.444. The minimum absolute atomic E-state index is 0.219. The van der Waals surface area contributed by atoms with Crippen LogP contribution < -0.4 is 4.72 Å². The van der Waals surface area contributed by atoms with Gasteiger partial charge in [0.25, 0.3) is 10.2 Å². The SMILES string of the molecule is CCN(C)S(=O)(=O)NC1CCCc2c1cnn2-c1ccc(C)c(C)c1. The number of rotatable bonds is 5. The summed E-state index contributed by atoms with van der Waals surface area (Å²) in [5.74, 6) is 0. The highest BCUT2D eigenvalue weighted by molar-refractivity contribution is 7.87. The van der Waals surface area contributed by atoms with Gasteiger partial charge >= 0.3 is 0 Å². The molecule has 0 saturated heterocycles. The van der Waals surface area contributed by atoms with Gasteiger partial charge in [-0.25, -0.2) is 4.68 Å². The highest BCUT2D eigenvalue weighted by Crippen LogP contribution is 2.32. The molecule has 1 heterocycles. The van der Waals surface area contributed by atoms with Crippen molar-refractivity contribution in [2.45, 2.75) is 46.1 Å². The van der Waals surface area contributed by atoms with Crippen molar-refractivity contribution in [3.63, 3.8) is 0 Å². The lowest BCUT2D eigenvalue weighted by atomic mass is 9.93. The molecule has 0 bridgehead atoms. The normalized spacial score (nSPS) is 17.7. The third-order valence-corrected chi connectivity index (χ3v) is 6.73. The molecule has 0 radical (unpaired) electrons. The molecule has 0 aliphatic heterocycles. The van der Waals surface area contributed by atoms with Gasteiger partial charge in [0.1, 0.15) is 0 Å². The predicted molar refractivity (Wildman–Crippen MR) is 99.1 cm³/mol. The topological polar surface area (TPSA) is 67.2 Å². The predicted octanol–water partition coefficient (Wildman–Crippen LogP) is 2.65. The van der Waals surface area contributed by atoms with E-state index in [0.29, 0.717) is 6.54 Å². The fourth-order valence-electron chi connectivity index (χ4n) is 3.20. The summed E-state index contributed by atoms with van der Waals surface area (Å²) in [5, 5.41) is 4.55. The van der Waals surface area contributed by atoms with Crippen LogP contribution in [0.1, 0.15) is 48.2 Å². The standard InChI is InChI=1S/C18H26N4O2S/c1-5-21(4)25(23,24)20-17-7-6-8-18-16(17)12-19-22(18)15-10-9-13(2)14(3)11-15/h9-12,17,20H,5-8H2,1-4H3. The van der Waals surface area contributed by atoms with Crippen LogP contribution in [0.2, 0.25) is 0 Å². The van der Waals surface area contributed by atoms with Crippen LogP contribution in [-0.4, -0.2) is 36.1 Å². The summed E-state index contributed by atoms with van der Waals surface area (Å²) in [5.41, 5.74) is 5.58. The summed E-state index contributed by atoms with van der Waals surface area (Å²) >= 11 is 0. The van der Waals surface area contributed by atoms with Crippen LogP contribution in [0.25, 0.3) is 5.69 Å². The molecule has 136 valence electrons. The van der Waals surface area contributed by atoms with Crippen molar-refractivity contribution in [3.8, 4) is 5.69 Å². The maximum absolute atomic E-state index is 12.4. The van der Waals surface area contributed by atoms with Gasteiger partial charge in [0.05, 0.1) is 17.9 Å². The van der Waals surface area contributed by atoms with Gasteiger partial charge in [0.15, 0.2) is 0 Å². The Hall–Kier alpha value is -1.70. The maximum Gasteiger partial charge on any atom is 0.279 e. The van der Waals surface area contributed by atoms with Gasteiger partial charge in [-0.1, -0.05) is 13.0 Å². The maximum atomic E-state index is 12.4. The molecule has 0 saturated carbocycles. The van der Waals surface area contributed by atoms with Crippen molar-refractivity contribution < 1.29 is 8.42 Å². The number of hydrogen-bond acceptors (Lipinski definition) is 3. The van der Waals surface area contributed by atoms with Crippen LogP contribution in [0, 0.1) is 13.8 Å². The fraction of sp³-hybridized carbons (Fsp3) is 0.500. The largest absolute Gasteiger partial charge is 0.279 e. The van der Waals surface area contributed by atoms with Gasteiger partial charge in [0, 0.05) is 24.8 Å². The molecule has 1 aromatic carbocycles. The van der Waals surface area contributed by atoms with Crippen molar-refractivity contribution in [3.05, 3.63) is 46.8 Å². The summed E-state index contributed by atoms with van der Waals surface area (Å²) in [6, 6.07) is 6.07. The molecule has 1 N–H and O–H groups in total. The molecule has 0 fully saturated rings. The first-order chi connectivity index (χ1) is 11.8. The van der Waals surface area contributed by atoms with Crippen LogP contribution in [-0.2, 0) is 16.6 Å². The molecule has 1 aromatic heterocycles. The number of hydrogen-bond donors (Lipinski definition) is 1. The molecule has 2 aromatic rings. The minimum Gasteiger partial charge on any atom is -0.237 e. The monoisotopic (exact) mass is 362 g/mol. The molecule has 1 aliphatic carbocycles. The first-order valence-electron chi connectivity index (χ1n) is 8.71. The quantitative estimate of drug-likeness (QED) is 0.889. The van der Waals surface area contributed by atoms with Crippen LogP contribution in [0.15, 0.2) is 24.4 Å². The van der Waals surface area contributed by atoms with Crippen LogP contribution in [0.3, 0.4) is 0 Å². The molecule has 0 spiro atoms. The lowest BCUT2D eigenvalue weighted by Gasteiger charge is -2.26. The van der Waals surface area contributed by atoms with Crippen LogP contribution in [0.4, 0.5) is 0 Å². The summed E-state index contributed by atoms with van der Waals surface area (Å²) < 4.78 is 30.9.